The lowest BCUT2D eigenvalue weighted by molar-refractivity contribution is -0.142. The molecule has 0 N–H and O–H groups in total. The van der Waals surface area contributed by atoms with Crippen molar-refractivity contribution in [2.24, 2.45) is 0 Å². The molecule has 0 aliphatic carbocycles. The van der Waals surface area contributed by atoms with E-state index in [-0.39, 0.29) is 16.9 Å². The third kappa shape index (κ3) is 8.48. The Kier molecular flexibility index (Phi) is 11.9. The fourth-order valence-corrected chi connectivity index (χ4v) is 10.8. The Morgan fingerprint density at radius 2 is 0.688 bits per heavy atom. The van der Waals surface area contributed by atoms with Crippen LogP contribution in [0.4, 0.5) is 37.7 Å². The maximum Gasteiger partial charge on any atom is 0.417 e. The predicted molar refractivity (Wildman–Crippen MR) is 299 cm³/mol. The van der Waals surface area contributed by atoms with Crippen LogP contribution in [0.3, 0.4) is 0 Å². The summed E-state index contributed by atoms with van der Waals surface area (Å²) >= 11 is 0. The topological polar surface area (TPSA) is 89.9 Å². The quantitative estimate of drug-likeness (QED) is 0.118. The third-order valence-electron chi connectivity index (χ3n) is 14.5. The first-order valence-corrected chi connectivity index (χ1v) is 24.7. The van der Waals surface area contributed by atoms with Gasteiger partial charge in [0.1, 0.15) is 6.07 Å². The standard InChI is InChI=1S/C67H33F6N7/c1-77-50-22-14-43(15-23-50)47-20-27-53-52-26-18-45(41-10-6-39(36-74)7-11-41)30-60(52)79(61(53)31-47)59-35-56(65-57(66(68,69)70)4-3-5-58(65)67(71,72)73)64(34-49(59)38-76)80-62-32-46(42-12-8-40(37-75)9-13-42)19-28-54(62)55-29-21-48(33-63(55)80)44-16-24-51(78-2)25-17-44/h3-35H. The van der Waals surface area contributed by atoms with Gasteiger partial charge in [-0.2, -0.15) is 42.1 Å². The first-order chi connectivity index (χ1) is 38.7. The van der Waals surface area contributed by atoms with Gasteiger partial charge >= 0.3 is 12.4 Å². The highest BCUT2D eigenvalue weighted by Crippen LogP contribution is 2.50. The van der Waals surface area contributed by atoms with Gasteiger partial charge < -0.3 is 9.13 Å². The number of rotatable bonds is 7. The summed E-state index contributed by atoms with van der Waals surface area (Å²) in [6, 6.07) is 60.5. The highest BCUT2D eigenvalue weighted by atomic mass is 19.4. The third-order valence-corrected chi connectivity index (χ3v) is 14.5. The fourth-order valence-electron chi connectivity index (χ4n) is 10.8. The Labute approximate surface area is 452 Å². The lowest BCUT2D eigenvalue weighted by atomic mass is 9.90. The molecule has 0 saturated carbocycles. The summed E-state index contributed by atoms with van der Waals surface area (Å²) < 4.78 is 98.2. The van der Waals surface area contributed by atoms with Gasteiger partial charge in [-0.1, -0.05) is 127 Å². The zero-order valence-electron chi connectivity index (χ0n) is 41.5. The molecule has 12 rings (SSSR count). The minimum Gasteiger partial charge on any atom is -0.309 e. The average molecular weight is 1050 g/mol. The van der Waals surface area contributed by atoms with Crippen molar-refractivity contribution in [2.75, 3.05) is 0 Å². The van der Waals surface area contributed by atoms with Crippen LogP contribution in [0.2, 0.25) is 0 Å². The maximum atomic E-state index is 15.8. The molecule has 13 heteroatoms. The number of nitriles is 3. The summed E-state index contributed by atoms with van der Waals surface area (Å²) in [5.41, 5.74) is 3.65. The summed E-state index contributed by atoms with van der Waals surface area (Å²) in [7, 11) is 0. The summed E-state index contributed by atoms with van der Waals surface area (Å²) in [5, 5.41) is 33.2. The van der Waals surface area contributed by atoms with Crippen molar-refractivity contribution in [3.8, 4) is 85.2 Å². The largest absolute Gasteiger partial charge is 0.417 e. The van der Waals surface area contributed by atoms with E-state index in [1.165, 1.54) is 12.1 Å². The fraction of sp³-hybridized carbons (Fsp3) is 0.0299. The van der Waals surface area contributed by atoms with Crippen LogP contribution in [0.25, 0.3) is 120 Å². The second-order valence-corrected chi connectivity index (χ2v) is 19.0. The predicted octanol–water partition coefficient (Wildman–Crippen LogP) is 19.0. The van der Waals surface area contributed by atoms with Crippen LogP contribution in [0.15, 0.2) is 200 Å². The van der Waals surface area contributed by atoms with E-state index in [4.69, 9.17) is 13.1 Å². The molecule has 0 saturated heterocycles. The molecule has 80 heavy (non-hydrogen) atoms. The van der Waals surface area contributed by atoms with Crippen molar-refractivity contribution in [1.29, 1.82) is 15.8 Å². The molecule has 0 spiro atoms. The molecule has 0 aliphatic heterocycles. The van der Waals surface area contributed by atoms with Gasteiger partial charge in [-0.25, -0.2) is 9.69 Å². The van der Waals surface area contributed by atoms with E-state index < -0.39 is 34.6 Å². The number of nitrogens with zero attached hydrogens (tertiary/aromatic N) is 7. The van der Waals surface area contributed by atoms with Gasteiger partial charge in [0, 0.05) is 32.7 Å². The van der Waals surface area contributed by atoms with Gasteiger partial charge in [-0.3, -0.25) is 0 Å². The lowest BCUT2D eigenvalue weighted by Gasteiger charge is -2.24. The Morgan fingerprint density at radius 3 is 1.00 bits per heavy atom. The monoisotopic (exact) mass is 1050 g/mol. The molecule has 0 amide bonds. The number of hydrogen-bond acceptors (Lipinski definition) is 3. The summed E-state index contributed by atoms with van der Waals surface area (Å²) in [5.74, 6) is 0. The van der Waals surface area contributed by atoms with Crippen molar-refractivity contribution in [2.45, 2.75) is 12.4 Å². The highest BCUT2D eigenvalue weighted by Gasteiger charge is 2.42. The molecule has 0 atom stereocenters. The van der Waals surface area contributed by atoms with E-state index in [0.29, 0.717) is 123 Å². The van der Waals surface area contributed by atoms with Crippen molar-refractivity contribution in [3.63, 3.8) is 0 Å². The number of fused-ring (bicyclic) bond motifs is 6. The summed E-state index contributed by atoms with van der Waals surface area (Å²) in [6.07, 6.45) is -10.6. The van der Waals surface area contributed by atoms with E-state index in [1.807, 2.05) is 60.7 Å². The highest BCUT2D eigenvalue weighted by molar-refractivity contribution is 6.13. The molecule has 0 radical (unpaired) electrons. The minimum atomic E-state index is -5.32. The molecule has 2 heterocycles. The second-order valence-electron chi connectivity index (χ2n) is 19.0. The molecular formula is C67H33F6N7. The van der Waals surface area contributed by atoms with Crippen molar-refractivity contribution < 1.29 is 26.3 Å². The van der Waals surface area contributed by atoms with Gasteiger partial charge in [0.2, 0.25) is 0 Å². The van der Waals surface area contributed by atoms with E-state index >= 15 is 26.3 Å². The van der Waals surface area contributed by atoms with Gasteiger partial charge in [-0.05, 0) is 117 Å². The van der Waals surface area contributed by atoms with Crippen molar-refractivity contribution in [1.82, 2.24) is 9.13 Å². The van der Waals surface area contributed by atoms with Crippen LogP contribution in [0, 0.1) is 47.1 Å². The number of halogens is 6. The lowest BCUT2D eigenvalue weighted by Crippen LogP contribution is -2.15. The number of benzene rings is 10. The summed E-state index contributed by atoms with van der Waals surface area (Å²) in [4.78, 5) is 7.03. The average Bonchev–Trinajstić information content (AvgIpc) is 3.50. The molecule has 0 fully saturated rings. The minimum absolute atomic E-state index is 0.0199. The first kappa shape index (κ1) is 49.7. The first-order valence-electron chi connectivity index (χ1n) is 24.7. The zero-order valence-corrected chi connectivity index (χ0v) is 41.5. The van der Waals surface area contributed by atoms with Gasteiger partial charge in [0.15, 0.2) is 11.4 Å². The molecule has 0 unspecified atom stereocenters. The Balaban J connectivity index is 1.24. The van der Waals surface area contributed by atoms with Crippen LogP contribution in [0.1, 0.15) is 27.8 Å². The molecule has 0 aliphatic rings. The van der Waals surface area contributed by atoms with Crippen molar-refractivity contribution >= 4 is 55.0 Å². The summed E-state index contributed by atoms with van der Waals surface area (Å²) in [6.45, 7) is 15.0. The van der Waals surface area contributed by atoms with Crippen LogP contribution >= 0.6 is 0 Å². The molecule has 12 aromatic rings. The van der Waals surface area contributed by atoms with Crippen LogP contribution in [0.5, 0.6) is 0 Å². The van der Waals surface area contributed by atoms with E-state index in [1.54, 1.807) is 118 Å². The van der Waals surface area contributed by atoms with Crippen LogP contribution < -0.4 is 0 Å². The molecule has 10 aromatic carbocycles. The zero-order chi connectivity index (χ0) is 55.6. The smallest absolute Gasteiger partial charge is 0.309 e. The number of aromatic nitrogens is 2. The van der Waals surface area contributed by atoms with Gasteiger partial charge in [-0.15, -0.1) is 0 Å². The Hall–Kier alpha value is -11.2. The Morgan fingerprint density at radius 1 is 0.362 bits per heavy atom. The van der Waals surface area contributed by atoms with Crippen LogP contribution in [-0.4, -0.2) is 9.13 Å². The SMILES string of the molecule is [C-]#[N+]c1ccc(-c2ccc3c4ccc(-c5ccc(C#N)cc5)cc4n(-c4cc(-c5c(C(F)(F)F)cccc5C(F)(F)F)c(-n5c6cc(-c7ccc(C#N)cc7)ccc6c6ccc(-c7ccc([N+]#[C-])cc7)cc65)cc4C#N)c3c2)cc1. The molecule has 0 bridgehead atoms. The van der Waals surface area contributed by atoms with E-state index in [2.05, 4.69) is 27.9 Å². The van der Waals surface area contributed by atoms with Crippen LogP contribution in [-0.2, 0) is 12.4 Å². The molecule has 7 nitrogen and oxygen atoms in total. The van der Waals surface area contributed by atoms with E-state index in [9.17, 15) is 15.8 Å². The number of hydrogen-bond donors (Lipinski definition) is 0. The second kappa shape index (κ2) is 19.1. The molecule has 378 valence electrons. The van der Waals surface area contributed by atoms with Gasteiger partial charge in [0.05, 0.1) is 86.5 Å². The van der Waals surface area contributed by atoms with Gasteiger partial charge in [0.25, 0.3) is 0 Å². The Bertz CT molecular complexity index is 4500. The molecule has 2 aromatic heterocycles. The normalized spacial score (nSPS) is 11.6. The van der Waals surface area contributed by atoms with Crippen molar-refractivity contribution in [3.05, 3.63) is 251 Å². The molecular weight excluding hydrogens is 1020 g/mol. The number of alkyl halides is 6. The maximum absolute atomic E-state index is 15.8. The van der Waals surface area contributed by atoms with E-state index in [0.717, 1.165) is 6.07 Å².